The minimum Gasteiger partial charge on any atom is -0.396 e. The monoisotopic (exact) mass is 499 g/mol. The molecular formula is C26H37N5OS2. The van der Waals surface area contributed by atoms with Gasteiger partial charge in [-0.25, -0.2) is 16.4 Å². The van der Waals surface area contributed by atoms with Crippen molar-refractivity contribution in [3.05, 3.63) is 77.5 Å². The van der Waals surface area contributed by atoms with Crippen molar-refractivity contribution in [1.82, 2.24) is 10.5 Å². The normalized spacial score (nSPS) is 15.7. The van der Waals surface area contributed by atoms with Gasteiger partial charge >= 0.3 is 0 Å². The SMILES string of the molecule is C=C(N1Cc2ccccc2/C(N)=C(/N(N)NC)c2ccccc21)C(C)(C)C(C)(C)C(C)=O.SS. The molecule has 0 radical (unpaired) electrons. The Labute approximate surface area is 214 Å². The van der Waals surface area contributed by atoms with Gasteiger partial charge in [-0.3, -0.25) is 4.79 Å². The summed E-state index contributed by atoms with van der Waals surface area (Å²) in [5, 5.41) is 1.45. The summed E-state index contributed by atoms with van der Waals surface area (Å²) < 4.78 is 0. The minimum absolute atomic E-state index is 0.123. The van der Waals surface area contributed by atoms with Crippen molar-refractivity contribution < 1.29 is 4.79 Å². The zero-order chi connectivity index (χ0) is 25.8. The number of carbonyl (C=O) groups is 1. The van der Waals surface area contributed by atoms with Gasteiger partial charge in [0.15, 0.2) is 0 Å². The van der Waals surface area contributed by atoms with Gasteiger partial charge in [0.05, 0.1) is 11.4 Å². The number of rotatable bonds is 6. The van der Waals surface area contributed by atoms with Gasteiger partial charge in [0.2, 0.25) is 0 Å². The van der Waals surface area contributed by atoms with Gasteiger partial charge in [-0.2, -0.15) is 0 Å². The largest absolute Gasteiger partial charge is 0.396 e. The fourth-order valence-corrected chi connectivity index (χ4v) is 4.11. The molecule has 0 saturated heterocycles. The third-order valence-corrected chi connectivity index (χ3v) is 7.31. The predicted octanol–water partition coefficient (Wildman–Crippen LogP) is 5.02. The Kier molecular flexibility index (Phi) is 8.93. The highest BCUT2D eigenvalue weighted by Crippen LogP contribution is 2.48. The summed E-state index contributed by atoms with van der Waals surface area (Å²) in [7, 11) is 1.75. The number of thiol groups is 2. The fraction of sp³-hybridized carbons (Fsp3) is 0.346. The number of carbonyl (C=O) groups excluding carboxylic acids is 1. The van der Waals surface area contributed by atoms with Gasteiger partial charge < -0.3 is 10.6 Å². The maximum Gasteiger partial charge on any atom is 0.136 e. The highest BCUT2D eigenvalue weighted by molar-refractivity contribution is 8.59. The smallest absolute Gasteiger partial charge is 0.136 e. The number of nitrogens with one attached hydrogen (secondary N) is 1. The molecule has 0 aromatic heterocycles. The molecule has 8 heteroatoms. The molecule has 1 aliphatic heterocycles. The van der Waals surface area contributed by atoms with Crippen LogP contribution in [-0.2, 0) is 11.3 Å². The molecule has 1 heterocycles. The van der Waals surface area contributed by atoms with Crippen LogP contribution in [0.1, 0.15) is 51.3 Å². The number of benzene rings is 2. The number of hydrazine groups is 2. The molecule has 184 valence electrons. The van der Waals surface area contributed by atoms with E-state index >= 15 is 0 Å². The minimum atomic E-state index is -0.608. The number of Topliss-reactive ketones (excluding diaryl/α,β-unsaturated/α-hetero) is 1. The molecule has 0 spiro atoms. The molecule has 3 rings (SSSR count). The number of hydrogen-bond acceptors (Lipinski definition) is 8. The van der Waals surface area contributed by atoms with E-state index in [1.165, 1.54) is 5.12 Å². The van der Waals surface area contributed by atoms with Crippen molar-refractivity contribution >= 4 is 46.2 Å². The molecular weight excluding hydrogens is 462 g/mol. The summed E-state index contributed by atoms with van der Waals surface area (Å²) in [5.74, 6) is 6.47. The molecule has 0 unspecified atom stereocenters. The van der Waals surface area contributed by atoms with Crippen LogP contribution in [0.2, 0.25) is 0 Å². The van der Waals surface area contributed by atoms with Crippen LogP contribution < -0.4 is 21.9 Å². The molecule has 0 atom stereocenters. The summed E-state index contributed by atoms with van der Waals surface area (Å²) in [6.45, 7) is 14.9. The lowest BCUT2D eigenvalue weighted by Gasteiger charge is -2.46. The van der Waals surface area contributed by atoms with Crippen LogP contribution in [0, 0.1) is 10.8 Å². The maximum absolute atomic E-state index is 12.6. The van der Waals surface area contributed by atoms with E-state index in [4.69, 9.17) is 11.6 Å². The second kappa shape index (κ2) is 10.9. The molecule has 0 bridgehead atoms. The average molecular weight is 500 g/mol. The van der Waals surface area contributed by atoms with Gasteiger partial charge in [0.25, 0.3) is 0 Å². The Morgan fingerprint density at radius 1 is 1.03 bits per heavy atom. The summed E-state index contributed by atoms with van der Waals surface area (Å²) in [5.41, 5.74) is 14.5. The van der Waals surface area contributed by atoms with Crippen LogP contribution in [0.3, 0.4) is 0 Å². The molecule has 0 aliphatic carbocycles. The van der Waals surface area contributed by atoms with Crippen molar-refractivity contribution in [3.8, 4) is 0 Å². The standard InChI is InChI=1S/C26H35N5O.H2S2/c1-17(25(3,4)26(5,6)18(2)32)30-16-19-12-8-9-13-20(19)23(27)24(31(28)29-7)21-14-10-11-15-22(21)30;1-2/h8-15,29H,1,16,27-28H2,2-7H3;1-2H/b24-23-;. The first kappa shape index (κ1) is 27.9. The van der Waals surface area contributed by atoms with E-state index in [1.807, 2.05) is 56.3 Å². The van der Waals surface area contributed by atoms with Gasteiger partial charge in [-0.1, -0.05) is 76.7 Å². The van der Waals surface area contributed by atoms with Crippen molar-refractivity contribution in [3.63, 3.8) is 0 Å². The van der Waals surface area contributed by atoms with Crippen LogP contribution >= 0.6 is 23.3 Å². The average Bonchev–Trinajstić information content (AvgIpc) is 2.82. The third kappa shape index (κ3) is 4.86. The lowest BCUT2D eigenvalue weighted by Crippen LogP contribution is -2.45. The van der Waals surface area contributed by atoms with Crippen LogP contribution in [0.15, 0.2) is 60.8 Å². The molecule has 0 fully saturated rings. The number of fused-ring (bicyclic) bond motifs is 2. The van der Waals surface area contributed by atoms with E-state index < -0.39 is 10.8 Å². The van der Waals surface area contributed by atoms with E-state index in [0.717, 1.165) is 28.1 Å². The molecule has 1 aliphatic rings. The Balaban J connectivity index is 0.00000199. The summed E-state index contributed by atoms with van der Waals surface area (Å²) in [4.78, 5) is 14.8. The van der Waals surface area contributed by atoms with E-state index in [1.54, 1.807) is 14.0 Å². The highest BCUT2D eigenvalue weighted by atomic mass is 33.1. The van der Waals surface area contributed by atoms with Gasteiger partial charge in [0, 0.05) is 41.2 Å². The fourth-order valence-electron chi connectivity index (χ4n) is 4.11. The van der Waals surface area contributed by atoms with E-state index in [2.05, 4.69) is 60.1 Å². The van der Waals surface area contributed by atoms with Crippen molar-refractivity contribution in [2.45, 2.75) is 41.2 Å². The summed E-state index contributed by atoms with van der Waals surface area (Å²) in [6.07, 6.45) is 0. The second-order valence-electron chi connectivity index (χ2n) is 9.37. The zero-order valence-corrected chi connectivity index (χ0v) is 22.7. The maximum atomic E-state index is 12.6. The number of nitrogens with two attached hydrogens (primary N) is 2. The number of anilines is 1. The van der Waals surface area contributed by atoms with E-state index in [0.29, 0.717) is 17.9 Å². The predicted molar refractivity (Wildman–Crippen MR) is 151 cm³/mol. The summed E-state index contributed by atoms with van der Waals surface area (Å²) in [6, 6.07) is 16.1. The first-order valence-corrected chi connectivity index (χ1v) is 12.6. The van der Waals surface area contributed by atoms with Crippen LogP contribution in [0.4, 0.5) is 5.69 Å². The number of allylic oxidation sites excluding steroid dienone is 1. The van der Waals surface area contributed by atoms with Crippen molar-refractivity contribution in [1.29, 1.82) is 0 Å². The lowest BCUT2D eigenvalue weighted by molar-refractivity contribution is -0.129. The third-order valence-electron chi connectivity index (χ3n) is 7.31. The molecule has 34 heavy (non-hydrogen) atoms. The van der Waals surface area contributed by atoms with E-state index in [9.17, 15) is 4.79 Å². The second-order valence-corrected chi connectivity index (χ2v) is 9.37. The number of ketones is 1. The molecule has 6 nitrogen and oxygen atoms in total. The Morgan fingerprint density at radius 2 is 1.56 bits per heavy atom. The molecule has 0 saturated carbocycles. The Morgan fingerprint density at radius 3 is 2.12 bits per heavy atom. The van der Waals surface area contributed by atoms with Crippen LogP contribution in [0.5, 0.6) is 0 Å². The zero-order valence-electron chi connectivity index (χ0n) is 20.9. The molecule has 2 aromatic rings. The van der Waals surface area contributed by atoms with Crippen molar-refractivity contribution in [2.24, 2.45) is 22.4 Å². The first-order chi connectivity index (χ1) is 15.9. The Bertz CT molecular complexity index is 1090. The van der Waals surface area contributed by atoms with Gasteiger partial charge in [-0.15, -0.1) is 23.3 Å². The number of nitrogens with zero attached hydrogens (tertiary/aromatic N) is 2. The summed E-state index contributed by atoms with van der Waals surface area (Å²) >= 11 is 6.44. The Hall–Kier alpha value is -2.39. The van der Waals surface area contributed by atoms with Crippen molar-refractivity contribution in [2.75, 3.05) is 11.9 Å². The van der Waals surface area contributed by atoms with Gasteiger partial charge in [-0.05, 0) is 18.6 Å². The number of hydrogen-bond donors (Lipinski definition) is 5. The number of para-hydroxylation sites is 1. The first-order valence-electron chi connectivity index (χ1n) is 11.0. The molecule has 5 N–H and O–H groups in total. The molecule has 0 amide bonds. The van der Waals surface area contributed by atoms with Gasteiger partial charge in [0.1, 0.15) is 11.5 Å². The van der Waals surface area contributed by atoms with Crippen LogP contribution in [-0.4, -0.2) is 17.9 Å². The highest BCUT2D eigenvalue weighted by Gasteiger charge is 2.45. The topological polar surface area (TPSA) is 87.6 Å². The molecule has 2 aromatic carbocycles. The lowest BCUT2D eigenvalue weighted by atomic mass is 9.63. The quantitative estimate of drug-likeness (QED) is 0.166. The van der Waals surface area contributed by atoms with E-state index in [-0.39, 0.29) is 5.78 Å². The van der Waals surface area contributed by atoms with Crippen LogP contribution in [0.25, 0.3) is 11.4 Å².